The van der Waals surface area contributed by atoms with Crippen LogP contribution in [0.4, 0.5) is 11.4 Å². The summed E-state index contributed by atoms with van der Waals surface area (Å²) < 4.78 is 0. The molecule has 0 heterocycles. The molecule has 0 unspecified atom stereocenters. The number of nitrogens with one attached hydrogen (secondary N) is 4. The molecule has 0 radical (unpaired) electrons. The summed E-state index contributed by atoms with van der Waals surface area (Å²) in [5.74, 6) is -2.98. The van der Waals surface area contributed by atoms with Crippen LogP contribution in [-0.4, -0.2) is 91.9 Å². The van der Waals surface area contributed by atoms with Gasteiger partial charge < -0.3 is 42.1 Å². The molecule has 0 spiro atoms. The summed E-state index contributed by atoms with van der Waals surface area (Å²) in [6.07, 6.45) is 0. The second kappa shape index (κ2) is 11.5. The Morgan fingerprint density at radius 2 is 1.22 bits per heavy atom. The lowest BCUT2D eigenvalue weighted by Gasteiger charge is -2.24. The number of hydrogen-bond acceptors (Lipinski definition) is 10. The molecule has 1 aliphatic rings. The molecule has 0 fully saturated rings. The Kier molecular flexibility index (Phi) is 8.46. The van der Waals surface area contributed by atoms with Crippen molar-refractivity contribution in [1.29, 1.82) is 0 Å². The average molecular weight is 499 g/mol. The molecule has 36 heavy (non-hydrogen) atoms. The van der Waals surface area contributed by atoms with Crippen LogP contribution in [0.2, 0.25) is 0 Å². The monoisotopic (exact) mass is 498 g/mol. The van der Waals surface area contributed by atoms with Crippen molar-refractivity contribution >= 4 is 34.8 Å². The van der Waals surface area contributed by atoms with Gasteiger partial charge in [-0.25, -0.2) is 0 Å². The van der Waals surface area contributed by atoms with Crippen molar-refractivity contribution in [2.45, 2.75) is 0 Å². The minimum Gasteiger partial charge on any atom is -0.507 e. The van der Waals surface area contributed by atoms with Crippen LogP contribution in [0.25, 0.3) is 0 Å². The summed E-state index contributed by atoms with van der Waals surface area (Å²) in [6.45, 7) is 1.23. The fourth-order valence-corrected chi connectivity index (χ4v) is 3.77. The highest BCUT2D eigenvalue weighted by molar-refractivity contribution is 6.33. The molecule has 1 aliphatic carbocycles. The average Bonchev–Trinajstić information content (AvgIpc) is 2.83. The van der Waals surface area contributed by atoms with Gasteiger partial charge in [-0.15, -0.1) is 0 Å². The summed E-state index contributed by atoms with van der Waals surface area (Å²) in [5, 5.41) is 31.9. The number of hydrogen-bond donors (Lipinski definition) is 7. The van der Waals surface area contributed by atoms with Gasteiger partial charge in [0.05, 0.1) is 35.3 Å². The second-order valence-corrected chi connectivity index (χ2v) is 8.42. The van der Waals surface area contributed by atoms with Crippen molar-refractivity contribution in [3.05, 3.63) is 46.5 Å². The summed E-state index contributed by atoms with van der Waals surface area (Å²) in [6, 6.07) is 5.25. The van der Waals surface area contributed by atoms with Gasteiger partial charge in [-0.1, -0.05) is 0 Å². The van der Waals surface area contributed by atoms with Crippen LogP contribution in [0.15, 0.2) is 24.3 Å². The molecule has 12 heteroatoms. The van der Waals surface area contributed by atoms with E-state index >= 15 is 0 Å². The van der Waals surface area contributed by atoms with Gasteiger partial charge in [-0.3, -0.25) is 19.2 Å². The van der Waals surface area contributed by atoms with Crippen LogP contribution >= 0.6 is 0 Å². The standard InChI is InChI=1S/C24H30N6O6/c1-30(2)10-9-27-18(34)12-29-14-4-6-16(32)22-20(14)24(36)21-15(31)5-3-13(19(21)23(22)35)28-11-17(33)26-8-7-25/h3-6,28-29,31-32H,7-12,25H2,1-2H3,(H,26,33)(H,27,34). The van der Waals surface area contributed by atoms with Crippen LogP contribution in [0.3, 0.4) is 0 Å². The summed E-state index contributed by atoms with van der Waals surface area (Å²) in [7, 11) is 3.75. The van der Waals surface area contributed by atoms with E-state index < -0.39 is 23.1 Å². The van der Waals surface area contributed by atoms with Crippen molar-refractivity contribution in [3.63, 3.8) is 0 Å². The molecule has 2 amide bonds. The zero-order valence-corrected chi connectivity index (χ0v) is 20.1. The maximum Gasteiger partial charge on any atom is 0.239 e. The quantitative estimate of drug-likeness (QED) is 0.169. The van der Waals surface area contributed by atoms with Crippen molar-refractivity contribution in [2.24, 2.45) is 5.73 Å². The van der Waals surface area contributed by atoms with E-state index in [0.717, 1.165) is 0 Å². The topological polar surface area (TPSA) is 186 Å². The highest BCUT2D eigenvalue weighted by Crippen LogP contribution is 2.42. The number of phenols is 2. The maximum atomic E-state index is 13.5. The van der Waals surface area contributed by atoms with Gasteiger partial charge >= 0.3 is 0 Å². The fourth-order valence-electron chi connectivity index (χ4n) is 3.77. The lowest BCUT2D eigenvalue weighted by molar-refractivity contribution is -0.120. The highest BCUT2D eigenvalue weighted by atomic mass is 16.3. The van der Waals surface area contributed by atoms with Crippen LogP contribution in [0.1, 0.15) is 31.8 Å². The number of anilines is 2. The SMILES string of the molecule is CN(C)CCNC(=O)CNc1ccc(O)c2c1C(=O)c1c(O)ccc(NCC(=O)NCCN)c1C2=O. The third-order valence-corrected chi connectivity index (χ3v) is 5.50. The number of nitrogens with zero attached hydrogens (tertiary/aromatic N) is 1. The number of carbonyl (C=O) groups excluding carboxylic acids is 4. The Morgan fingerprint density at radius 3 is 1.64 bits per heavy atom. The first-order chi connectivity index (χ1) is 17.1. The molecule has 0 atom stereocenters. The number of nitrogens with two attached hydrogens (primary N) is 1. The first-order valence-electron chi connectivity index (χ1n) is 11.3. The van der Waals surface area contributed by atoms with Gasteiger partial charge in [0.15, 0.2) is 0 Å². The molecule has 12 nitrogen and oxygen atoms in total. The lowest BCUT2D eigenvalue weighted by Crippen LogP contribution is -2.35. The molecule has 0 aliphatic heterocycles. The van der Waals surface area contributed by atoms with Gasteiger partial charge in [0.2, 0.25) is 23.4 Å². The van der Waals surface area contributed by atoms with E-state index in [1.165, 1.54) is 24.3 Å². The van der Waals surface area contributed by atoms with E-state index in [4.69, 9.17) is 5.73 Å². The Morgan fingerprint density at radius 1 is 0.778 bits per heavy atom. The molecular weight excluding hydrogens is 468 g/mol. The van der Waals surface area contributed by atoms with Gasteiger partial charge in [-0.2, -0.15) is 0 Å². The van der Waals surface area contributed by atoms with E-state index in [2.05, 4.69) is 21.3 Å². The fraction of sp³-hybridized carbons (Fsp3) is 0.333. The molecule has 0 bridgehead atoms. The number of phenolic OH excluding ortho intramolecular Hbond substituents is 2. The molecular formula is C24H30N6O6. The number of ketones is 2. The summed E-state index contributed by atoms with van der Waals surface area (Å²) in [4.78, 5) is 53.0. The summed E-state index contributed by atoms with van der Waals surface area (Å²) >= 11 is 0. The van der Waals surface area contributed by atoms with Crippen molar-refractivity contribution in [3.8, 4) is 11.5 Å². The second-order valence-electron chi connectivity index (χ2n) is 8.42. The van der Waals surface area contributed by atoms with Gasteiger partial charge in [0.1, 0.15) is 11.5 Å². The third-order valence-electron chi connectivity index (χ3n) is 5.50. The number of benzene rings is 2. The molecule has 0 aromatic heterocycles. The Labute approximate surface area is 207 Å². The van der Waals surface area contributed by atoms with Crippen LogP contribution in [-0.2, 0) is 9.59 Å². The number of fused-ring (bicyclic) bond motifs is 2. The molecule has 192 valence electrons. The van der Waals surface area contributed by atoms with Gasteiger partial charge in [0, 0.05) is 37.6 Å². The molecule has 2 aromatic carbocycles. The Hall–Kier alpha value is -4.16. The number of carbonyl (C=O) groups is 4. The molecule has 8 N–H and O–H groups in total. The van der Waals surface area contributed by atoms with Crippen molar-refractivity contribution in [2.75, 3.05) is 64.0 Å². The largest absolute Gasteiger partial charge is 0.507 e. The molecule has 3 rings (SSSR count). The lowest BCUT2D eigenvalue weighted by atomic mass is 9.81. The molecule has 0 saturated carbocycles. The predicted octanol–water partition coefficient (Wildman–Crippen LogP) is -0.550. The first-order valence-corrected chi connectivity index (χ1v) is 11.3. The molecule has 2 aromatic rings. The van der Waals surface area contributed by atoms with Gasteiger partial charge in [0.25, 0.3) is 0 Å². The normalized spacial score (nSPS) is 12.1. The number of likely N-dealkylation sites (N-methyl/N-ethyl adjacent to an activating group) is 1. The zero-order valence-electron chi connectivity index (χ0n) is 20.1. The van der Waals surface area contributed by atoms with E-state index in [0.29, 0.717) is 13.1 Å². The number of aromatic hydroxyl groups is 2. The van der Waals surface area contributed by atoms with E-state index in [-0.39, 0.29) is 71.6 Å². The van der Waals surface area contributed by atoms with Gasteiger partial charge in [-0.05, 0) is 38.4 Å². The van der Waals surface area contributed by atoms with E-state index in [1.54, 1.807) is 0 Å². The zero-order chi connectivity index (χ0) is 26.4. The number of amides is 2. The van der Waals surface area contributed by atoms with Crippen LogP contribution < -0.4 is 27.0 Å². The highest BCUT2D eigenvalue weighted by Gasteiger charge is 2.38. The summed E-state index contributed by atoms with van der Waals surface area (Å²) in [5.41, 5.74) is 4.85. The van der Waals surface area contributed by atoms with E-state index in [1.807, 2.05) is 19.0 Å². The predicted molar refractivity (Wildman–Crippen MR) is 134 cm³/mol. The minimum absolute atomic E-state index is 0.146. The first kappa shape index (κ1) is 26.4. The smallest absolute Gasteiger partial charge is 0.239 e. The Balaban J connectivity index is 1.90. The van der Waals surface area contributed by atoms with Crippen LogP contribution in [0, 0.1) is 0 Å². The third kappa shape index (κ3) is 5.73. The minimum atomic E-state index is -0.711. The van der Waals surface area contributed by atoms with Crippen LogP contribution in [0.5, 0.6) is 11.5 Å². The number of rotatable bonds is 11. The van der Waals surface area contributed by atoms with Crippen molar-refractivity contribution in [1.82, 2.24) is 15.5 Å². The van der Waals surface area contributed by atoms with Crippen molar-refractivity contribution < 1.29 is 29.4 Å². The Bertz CT molecular complexity index is 1200. The molecule has 0 saturated heterocycles. The maximum absolute atomic E-state index is 13.5. The van der Waals surface area contributed by atoms with E-state index in [9.17, 15) is 29.4 Å².